The molecule has 0 aromatic carbocycles. The molecule has 0 fully saturated rings. The lowest BCUT2D eigenvalue weighted by molar-refractivity contribution is -0.137. The van der Waals surface area contributed by atoms with Crippen LogP contribution in [0.3, 0.4) is 0 Å². The number of ether oxygens (including phenoxy) is 1. The van der Waals surface area contributed by atoms with Crippen LogP contribution in [-0.4, -0.2) is 36.8 Å². The first kappa shape index (κ1) is 15.1. The molecule has 0 aliphatic rings. The zero-order valence-electron chi connectivity index (χ0n) is 10.3. The Bertz CT molecular complexity index is 407. The lowest BCUT2D eigenvalue weighted by Gasteiger charge is -2.09. The van der Waals surface area contributed by atoms with Crippen molar-refractivity contribution in [3.63, 3.8) is 0 Å². The molecule has 0 aliphatic carbocycles. The molecule has 1 aromatic rings. The molecule has 2 N–H and O–H groups in total. The topological polar surface area (TPSA) is 63.2 Å². The summed E-state index contributed by atoms with van der Waals surface area (Å²) < 4.78 is 40.6. The molecule has 0 saturated heterocycles. The van der Waals surface area contributed by atoms with Gasteiger partial charge in [-0.2, -0.15) is 13.2 Å². The van der Waals surface area contributed by atoms with E-state index in [9.17, 15) is 18.0 Å². The van der Waals surface area contributed by atoms with Gasteiger partial charge in [0, 0.05) is 6.07 Å². The molecule has 1 amide bonds. The van der Waals surface area contributed by atoms with Crippen LogP contribution in [0, 0.1) is 0 Å². The smallest absolute Gasteiger partial charge is 0.405 e. The van der Waals surface area contributed by atoms with Crippen LogP contribution in [0.4, 0.5) is 18.9 Å². The second kappa shape index (κ2) is 6.81. The van der Waals surface area contributed by atoms with E-state index in [1.807, 2.05) is 6.92 Å². The zero-order chi connectivity index (χ0) is 14.3. The Hall–Kier alpha value is -1.99. The summed E-state index contributed by atoms with van der Waals surface area (Å²) in [5.41, 5.74) is 0.519. The largest absolute Gasteiger partial charge is 0.478 e. The van der Waals surface area contributed by atoms with E-state index in [-0.39, 0.29) is 6.54 Å². The molecule has 106 valence electrons. The Labute approximate surface area is 108 Å². The third-order valence-electron chi connectivity index (χ3n) is 1.97. The van der Waals surface area contributed by atoms with Crippen molar-refractivity contribution < 1.29 is 22.7 Å². The first-order valence-corrected chi connectivity index (χ1v) is 5.57. The molecule has 1 aromatic heterocycles. The molecule has 0 unspecified atom stereocenters. The molecule has 0 bridgehead atoms. The van der Waals surface area contributed by atoms with Gasteiger partial charge >= 0.3 is 6.18 Å². The third kappa shape index (κ3) is 6.49. The number of anilines is 1. The van der Waals surface area contributed by atoms with Gasteiger partial charge in [0.2, 0.25) is 11.8 Å². The molecular formula is C11H14F3N3O2. The number of rotatable bonds is 6. The number of pyridine rings is 1. The van der Waals surface area contributed by atoms with Crippen LogP contribution >= 0.6 is 0 Å². The number of hydrogen-bond acceptors (Lipinski definition) is 4. The minimum atomic E-state index is -4.41. The molecule has 8 heteroatoms. The van der Waals surface area contributed by atoms with Crippen LogP contribution in [0.1, 0.15) is 6.92 Å². The highest BCUT2D eigenvalue weighted by molar-refractivity contribution is 5.80. The maximum Gasteiger partial charge on any atom is 0.405 e. The third-order valence-corrected chi connectivity index (χ3v) is 1.97. The highest BCUT2D eigenvalue weighted by Crippen LogP contribution is 2.12. The summed E-state index contributed by atoms with van der Waals surface area (Å²) in [6, 6.07) is 3.22. The fourth-order valence-corrected chi connectivity index (χ4v) is 1.16. The summed E-state index contributed by atoms with van der Waals surface area (Å²) in [6.07, 6.45) is -2.97. The van der Waals surface area contributed by atoms with E-state index in [4.69, 9.17) is 4.74 Å². The fourth-order valence-electron chi connectivity index (χ4n) is 1.16. The van der Waals surface area contributed by atoms with Crippen LogP contribution in [-0.2, 0) is 4.79 Å². The number of amides is 1. The predicted molar refractivity (Wildman–Crippen MR) is 63.0 cm³/mol. The number of hydrogen-bond donors (Lipinski definition) is 2. The molecule has 0 saturated carbocycles. The van der Waals surface area contributed by atoms with E-state index < -0.39 is 18.6 Å². The molecule has 1 heterocycles. The SMILES string of the molecule is CCOc1ccc(NCC(=O)NCC(F)(F)F)cn1. The first-order valence-electron chi connectivity index (χ1n) is 5.57. The number of carbonyl (C=O) groups is 1. The monoisotopic (exact) mass is 277 g/mol. The van der Waals surface area contributed by atoms with Gasteiger partial charge < -0.3 is 15.4 Å². The van der Waals surface area contributed by atoms with Crippen molar-refractivity contribution >= 4 is 11.6 Å². The number of alkyl halides is 3. The van der Waals surface area contributed by atoms with Gasteiger partial charge in [-0.25, -0.2) is 4.98 Å². The maximum atomic E-state index is 11.8. The van der Waals surface area contributed by atoms with Crippen molar-refractivity contribution in [3.05, 3.63) is 18.3 Å². The van der Waals surface area contributed by atoms with Gasteiger partial charge in [-0.1, -0.05) is 0 Å². The quantitative estimate of drug-likeness (QED) is 0.828. The van der Waals surface area contributed by atoms with Crippen molar-refractivity contribution in [2.45, 2.75) is 13.1 Å². The predicted octanol–water partition coefficient (Wildman–Crippen LogP) is 1.57. The summed E-state index contributed by atoms with van der Waals surface area (Å²) in [5, 5.41) is 4.41. The number of halogens is 3. The number of carbonyl (C=O) groups excluding carboxylic acids is 1. The average molecular weight is 277 g/mol. The molecule has 0 aliphatic heterocycles. The molecule has 0 spiro atoms. The van der Waals surface area contributed by atoms with Crippen molar-refractivity contribution in [2.24, 2.45) is 0 Å². The molecule has 0 atom stereocenters. The molecular weight excluding hydrogens is 263 g/mol. The fraction of sp³-hybridized carbons (Fsp3) is 0.455. The highest BCUT2D eigenvalue weighted by atomic mass is 19.4. The standard InChI is InChI=1S/C11H14F3N3O2/c1-2-19-10-4-3-8(5-16-10)15-6-9(18)17-7-11(12,13)14/h3-5,15H,2,6-7H2,1H3,(H,17,18). The molecule has 5 nitrogen and oxygen atoms in total. The Morgan fingerprint density at radius 1 is 1.42 bits per heavy atom. The summed E-state index contributed by atoms with van der Waals surface area (Å²) in [7, 11) is 0. The van der Waals surface area contributed by atoms with E-state index in [0.717, 1.165) is 0 Å². The minimum absolute atomic E-state index is 0.258. The number of aromatic nitrogens is 1. The van der Waals surface area contributed by atoms with Gasteiger partial charge in [0.1, 0.15) is 6.54 Å². The Morgan fingerprint density at radius 3 is 2.68 bits per heavy atom. The Balaban J connectivity index is 2.33. The van der Waals surface area contributed by atoms with E-state index in [0.29, 0.717) is 18.2 Å². The van der Waals surface area contributed by atoms with Crippen LogP contribution in [0.25, 0.3) is 0 Å². The summed E-state index contributed by atoms with van der Waals surface area (Å²) >= 11 is 0. The molecule has 0 radical (unpaired) electrons. The van der Waals surface area contributed by atoms with Crippen molar-refractivity contribution in [1.82, 2.24) is 10.3 Å². The van der Waals surface area contributed by atoms with E-state index in [2.05, 4.69) is 10.3 Å². The highest BCUT2D eigenvalue weighted by Gasteiger charge is 2.27. The van der Waals surface area contributed by atoms with Crippen LogP contribution in [0.2, 0.25) is 0 Å². The molecule has 19 heavy (non-hydrogen) atoms. The maximum absolute atomic E-state index is 11.8. The van der Waals surface area contributed by atoms with Gasteiger partial charge in [-0.05, 0) is 13.0 Å². The van der Waals surface area contributed by atoms with Crippen LogP contribution in [0.5, 0.6) is 5.88 Å². The van der Waals surface area contributed by atoms with E-state index in [1.165, 1.54) is 6.20 Å². The van der Waals surface area contributed by atoms with Gasteiger partial charge in [-0.3, -0.25) is 4.79 Å². The lowest BCUT2D eigenvalue weighted by Crippen LogP contribution is -2.37. The normalized spacial score (nSPS) is 10.9. The number of nitrogens with zero attached hydrogens (tertiary/aromatic N) is 1. The second-order valence-corrected chi connectivity index (χ2v) is 3.56. The van der Waals surface area contributed by atoms with Crippen molar-refractivity contribution in [3.8, 4) is 5.88 Å². The van der Waals surface area contributed by atoms with Gasteiger partial charge in [0.25, 0.3) is 0 Å². The first-order chi connectivity index (χ1) is 8.90. The Morgan fingerprint density at radius 2 is 2.16 bits per heavy atom. The number of nitrogens with one attached hydrogen (secondary N) is 2. The average Bonchev–Trinajstić information content (AvgIpc) is 2.35. The summed E-state index contributed by atoms with van der Waals surface area (Å²) in [4.78, 5) is 15.0. The van der Waals surface area contributed by atoms with Crippen molar-refractivity contribution in [1.29, 1.82) is 0 Å². The lowest BCUT2D eigenvalue weighted by atomic mass is 10.4. The summed E-state index contributed by atoms with van der Waals surface area (Å²) in [5.74, 6) is -0.305. The van der Waals surface area contributed by atoms with Crippen LogP contribution in [0.15, 0.2) is 18.3 Å². The molecule has 1 rings (SSSR count). The summed E-state index contributed by atoms with van der Waals surface area (Å²) in [6.45, 7) is 0.708. The van der Waals surface area contributed by atoms with Crippen LogP contribution < -0.4 is 15.4 Å². The van der Waals surface area contributed by atoms with E-state index >= 15 is 0 Å². The van der Waals surface area contributed by atoms with Gasteiger partial charge in [-0.15, -0.1) is 0 Å². The van der Waals surface area contributed by atoms with Crippen molar-refractivity contribution in [2.75, 3.05) is 25.0 Å². The van der Waals surface area contributed by atoms with Gasteiger partial charge in [0.05, 0.1) is 25.0 Å². The van der Waals surface area contributed by atoms with Gasteiger partial charge in [0.15, 0.2) is 0 Å². The minimum Gasteiger partial charge on any atom is -0.478 e. The Kier molecular flexibility index (Phi) is 5.40. The zero-order valence-corrected chi connectivity index (χ0v) is 10.3. The second-order valence-electron chi connectivity index (χ2n) is 3.56. The van der Waals surface area contributed by atoms with E-state index in [1.54, 1.807) is 17.4 Å².